The van der Waals surface area contributed by atoms with Crippen LogP contribution in [-0.2, 0) is 10.2 Å². The van der Waals surface area contributed by atoms with Gasteiger partial charge in [-0.25, -0.2) is 9.79 Å². The first-order chi connectivity index (χ1) is 12.8. The van der Waals surface area contributed by atoms with Crippen molar-refractivity contribution in [2.45, 2.75) is 45.6 Å². The third kappa shape index (κ3) is 4.20. The zero-order valence-corrected chi connectivity index (χ0v) is 16.0. The molecule has 4 nitrogen and oxygen atoms in total. The van der Waals surface area contributed by atoms with Gasteiger partial charge >= 0.3 is 5.97 Å². The van der Waals surface area contributed by atoms with Gasteiger partial charge in [-0.1, -0.05) is 43.9 Å². The van der Waals surface area contributed by atoms with Gasteiger partial charge in [0.2, 0.25) is 0 Å². The Balaban J connectivity index is 1.99. The summed E-state index contributed by atoms with van der Waals surface area (Å²) in [4.78, 5) is 16.0. The van der Waals surface area contributed by atoms with Gasteiger partial charge in [-0.05, 0) is 43.7 Å². The molecule has 0 unspecified atom stereocenters. The van der Waals surface area contributed by atoms with Gasteiger partial charge in [0, 0.05) is 23.0 Å². The molecule has 1 N–H and O–H groups in total. The van der Waals surface area contributed by atoms with Crippen LogP contribution >= 0.6 is 0 Å². The minimum atomic E-state index is -0.979. The van der Waals surface area contributed by atoms with Crippen molar-refractivity contribution in [3.05, 3.63) is 64.7 Å². The number of ether oxygens (including phenoxy) is 1. The van der Waals surface area contributed by atoms with E-state index in [1.807, 2.05) is 26.0 Å². The van der Waals surface area contributed by atoms with Crippen LogP contribution in [0.15, 0.2) is 47.5 Å². The lowest BCUT2D eigenvalue weighted by atomic mass is 9.78. The van der Waals surface area contributed by atoms with Crippen molar-refractivity contribution in [3.8, 4) is 11.8 Å². The van der Waals surface area contributed by atoms with Crippen LogP contribution in [0.5, 0.6) is 0 Å². The summed E-state index contributed by atoms with van der Waals surface area (Å²) in [5.74, 6) is 5.80. The molecule has 0 saturated heterocycles. The zero-order chi connectivity index (χ0) is 19.6. The maximum atomic E-state index is 11.3. The Kier molecular flexibility index (Phi) is 5.05. The molecular formula is C23H23NO3. The van der Waals surface area contributed by atoms with Gasteiger partial charge < -0.3 is 9.84 Å². The molecule has 2 aromatic carbocycles. The topological polar surface area (TPSA) is 58.9 Å². The predicted molar refractivity (Wildman–Crippen MR) is 107 cm³/mol. The fourth-order valence-corrected chi connectivity index (χ4v) is 3.18. The van der Waals surface area contributed by atoms with Crippen LogP contribution in [-0.4, -0.2) is 23.1 Å². The number of fused-ring (bicyclic) bond motifs is 1. The fraction of sp³-hybridized carbons (Fsp3) is 0.304. The molecule has 0 amide bonds. The van der Waals surface area contributed by atoms with E-state index in [-0.39, 0.29) is 17.1 Å². The highest BCUT2D eigenvalue weighted by molar-refractivity contribution is 5.90. The molecule has 0 radical (unpaired) electrons. The SMILES string of the molecule is CC(C)OC1=Nc2cc(C#Cc3ccccc3C(=O)O)ccc2C(C)(C)C1. The van der Waals surface area contributed by atoms with E-state index in [9.17, 15) is 9.90 Å². The summed E-state index contributed by atoms with van der Waals surface area (Å²) in [7, 11) is 0. The number of nitrogens with zero attached hydrogens (tertiary/aromatic N) is 1. The van der Waals surface area contributed by atoms with Crippen molar-refractivity contribution in [3.63, 3.8) is 0 Å². The van der Waals surface area contributed by atoms with E-state index >= 15 is 0 Å². The van der Waals surface area contributed by atoms with Gasteiger partial charge in [0.05, 0.1) is 17.4 Å². The number of aliphatic imine (C=N–C) groups is 1. The molecule has 138 valence electrons. The lowest BCUT2D eigenvalue weighted by molar-refractivity contribution is 0.0696. The van der Waals surface area contributed by atoms with Crippen molar-refractivity contribution >= 4 is 17.6 Å². The molecule has 0 atom stereocenters. The monoisotopic (exact) mass is 361 g/mol. The number of hydrogen-bond donors (Lipinski definition) is 1. The maximum Gasteiger partial charge on any atom is 0.336 e. The fourth-order valence-electron chi connectivity index (χ4n) is 3.18. The summed E-state index contributed by atoms with van der Waals surface area (Å²) in [5, 5.41) is 9.28. The second kappa shape index (κ2) is 7.28. The normalized spacial score (nSPS) is 14.6. The van der Waals surface area contributed by atoms with Crippen LogP contribution in [0.25, 0.3) is 0 Å². The lowest BCUT2D eigenvalue weighted by Crippen LogP contribution is -2.28. The molecule has 2 aromatic rings. The predicted octanol–water partition coefficient (Wildman–Crippen LogP) is 4.92. The number of aromatic carboxylic acids is 1. The number of benzene rings is 2. The Morgan fingerprint density at radius 3 is 2.63 bits per heavy atom. The molecule has 4 heteroatoms. The van der Waals surface area contributed by atoms with Crippen LogP contribution in [0.2, 0.25) is 0 Å². The minimum Gasteiger partial charge on any atom is -0.478 e. The molecule has 0 aliphatic carbocycles. The van der Waals surface area contributed by atoms with E-state index in [2.05, 4.69) is 36.7 Å². The van der Waals surface area contributed by atoms with Crippen LogP contribution in [0, 0.1) is 11.8 Å². The Bertz CT molecular complexity index is 975. The highest BCUT2D eigenvalue weighted by Gasteiger charge is 2.31. The quantitative estimate of drug-likeness (QED) is 0.772. The zero-order valence-electron chi connectivity index (χ0n) is 16.0. The van der Waals surface area contributed by atoms with Gasteiger partial charge in [-0.2, -0.15) is 0 Å². The molecule has 0 bridgehead atoms. The molecule has 27 heavy (non-hydrogen) atoms. The molecule has 0 saturated carbocycles. The van der Waals surface area contributed by atoms with Crippen molar-refractivity contribution in [2.24, 2.45) is 4.99 Å². The van der Waals surface area contributed by atoms with Gasteiger partial charge in [0.15, 0.2) is 5.90 Å². The van der Waals surface area contributed by atoms with E-state index in [1.54, 1.807) is 24.3 Å². The van der Waals surface area contributed by atoms with Crippen LogP contribution in [0.1, 0.15) is 61.2 Å². The van der Waals surface area contributed by atoms with E-state index in [1.165, 1.54) is 0 Å². The second-order valence-electron chi connectivity index (χ2n) is 7.57. The first kappa shape index (κ1) is 18.7. The molecular weight excluding hydrogens is 338 g/mol. The van der Waals surface area contributed by atoms with E-state index in [0.717, 1.165) is 29.1 Å². The highest BCUT2D eigenvalue weighted by atomic mass is 16.5. The van der Waals surface area contributed by atoms with Crippen LogP contribution in [0.4, 0.5) is 5.69 Å². The van der Waals surface area contributed by atoms with Crippen LogP contribution in [0.3, 0.4) is 0 Å². The Morgan fingerprint density at radius 1 is 1.19 bits per heavy atom. The van der Waals surface area contributed by atoms with Gasteiger partial charge in [-0.15, -0.1) is 0 Å². The summed E-state index contributed by atoms with van der Waals surface area (Å²) in [5.41, 5.74) is 3.45. The lowest BCUT2D eigenvalue weighted by Gasteiger charge is -2.31. The highest BCUT2D eigenvalue weighted by Crippen LogP contribution is 2.39. The summed E-state index contributed by atoms with van der Waals surface area (Å²) in [6.07, 6.45) is 0.839. The van der Waals surface area contributed by atoms with Gasteiger partial charge in [0.1, 0.15) is 0 Å². The maximum absolute atomic E-state index is 11.3. The second-order valence-corrected chi connectivity index (χ2v) is 7.57. The van der Waals surface area contributed by atoms with E-state index < -0.39 is 5.97 Å². The van der Waals surface area contributed by atoms with Crippen molar-refractivity contribution in [2.75, 3.05) is 0 Å². The summed E-state index contributed by atoms with van der Waals surface area (Å²) in [6, 6.07) is 12.7. The standard InChI is InChI=1S/C23H23NO3/c1-15(2)27-21-14-23(3,4)19-12-10-16(13-20(19)24-21)9-11-17-7-5-6-8-18(17)22(25)26/h5-8,10,12-13,15H,14H2,1-4H3,(H,25,26). The van der Waals surface area contributed by atoms with E-state index in [4.69, 9.17) is 4.74 Å². The van der Waals surface area contributed by atoms with Gasteiger partial charge in [-0.3, -0.25) is 0 Å². The summed E-state index contributed by atoms with van der Waals surface area (Å²) >= 11 is 0. The molecule has 0 aromatic heterocycles. The average Bonchev–Trinajstić information content (AvgIpc) is 2.58. The summed E-state index contributed by atoms with van der Waals surface area (Å²) in [6.45, 7) is 8.34. The van der Waals surface area contributed by atoms with Crippen molar-refractivity contribution < 1.29 is 14.6 Å². The smallest absolute Gasteiger partial charge is 0.336 e. The summed E-state index contributed by atoms with van der Waals surface area (Å²) < 4.78 is 5.84. The third-order valence-electron chi connectivity index (χ3n) is 4.44. The number of hydrogen-bond acceptors (Lipinski definition) is 3. The number of carbonyl (C=O) groups is 1. The first-order valence-electron chi connectivity index (χ1n) is 8.99. The van der Waals surface area contributed by atoms with E-state index in [0.29, 0.717) is 5.56 Å². The average molecular weight is 361 g/mol. The first-order valence-corrected chi connectivity index (χ1v) is 8.99. The third-order valence-corrected chi connectivity index (χ3v) is 4.44. The van der Waals surface area contributed by atoms with Crippen molar-refractivity contribution in [1.29, 1.82) is 0 Å². The van der Waals surface area contributed by atoms with Gasteiger partial charge in [0.25, 0.3) is 0 Å². The molecule has 0 fully saturated rings. The van der Waals surface area contributed by atoms with Crippen LogP contribution < -0.4 is 0 Å². The molecule has 1 heterocycles. The Labute approximate surface area is 159 Å². The Hall–Kier alpha value is -3.06. The number of carboxylic acid groups (broad SMARTS) is 1. The Morgan fingerprint density at radius 2 is 1.93 bits per heavy atom. The number of rotatable bonds is 2. The molecule has 1 aliphatic rings. The minimum absolute atomic E-state index is 0.0663. The molecule has 0 spiro atoms. The number of carboxylic acids is 1. The molecule has 3 rings (SSSR count). The largest absolute Gasteiger partial charge is 0.478 e. The van der Waals surface area contributed by atoms with Crippen molar-refractivity contribution in [1.82, 2.24) is 0 Å². The molecule has 1 aliphatic heterocycles.